The number of halogens is 2. The summed E-state index contributed by atoms with van der Waals surface area (Å²) >= 11 is 1.58. The van der Waals surface area contributed by atoms with Gasteiger partial charge in [-0.2, -0.15) is 11.6 Å². The molecular weight excluding hydrogens is 502 g/mol. The van der Waals surface area contributed by atoms with Crippen molar-refractivity contribution in [1.29, 1.82) is 0 Å². The van der Waals surface area contributed by atoms with E-state index in [-0.39, 0.29) is 38.0 Å². The predicted molar refractivity (Wildman–Crippen MR) is 130 cm³/mol. The van der Waals surface area contributed by atoms with Gasteiger partial charge in [0.05, 0.1) is 0 Å². The third-order valence-electron chi connectivity index (χ3n) is 3.35. The van der Waals surface area contributed by atoms with Crippen LogP contribution in [0.4, 0.5) is 8.78 Å². The average molecular weight is 534 g/mol. The molecule has 0 fully saturated rings. The van der Waals surface area contributed by atoms with Gasteiger partial charge in [0.15, 0.2) is 0 Å². The number of aromatic hydroxyl groups is 2. The quantitative estimate of drug-likeness (QED) is 0.302. The zero-order valence-electron chi connectivity index (χ0n) is 19.2. The molecule has 2 aliphatic carbocycles. The minimum absolute atomic E-state index is 0. The van der Waals surface area contributed by atoms with Crippen LogP contribution in [-0.2, 0) is 23.3 Å². The second-order valence-electron chi connectivity index (χ2n) is 5.98. The molecule has 0 heterocycles. The van der Waals surface area contributed by atoms with Crippen LogP contribution in [-0.4, -0.2) is 17.1 Å². The summed E-state index contributed by atoms with van der Waals surface area (Å²) in [7, 11) is 0. The molecule has 0 unspecified atom stereocenters. The Balaban J connectivity index is -0.000000338. The molecule has 174 valence electrons. The maximum atomic E-state index is 12.0. The van der Waals surface area contributed by atoms with Crippen LogP contribution in [0.15, 0.2) is 84.0 Å². The molecule has 0 saturated heterocycles. The fourth-order valence-electron chi connectivity index (χ4n) is 1.97. The Kier molecular flexibility index (Phi) is 23.9. The Morgan fingerprint density at radius 1 is 0.844 bits per heavy atom. The molecule has 2 nitrogen and oxygen atoms in total. The van der Waals surface area contributed by atoms with Crippen LogP contribution in [0.5, 0.6) is 11.5 Å². The van der Waals surface area contributed by atoms with Gasteiger partial charge in [-0.15, -0.1) is 12.8 Å². The van der Waals surface area contributed by atoms with Gasteiger partial charge in [-0.25, -0.2) is 32.6 Å². The fraction of sp³-hybridized carbons (Fsp3) is 0.154. The number of phenols is 2. The Hall–Kier alpha value is -2.04. The Bertz CT molecular complexity index is 748. The summed E-state index contributed by atoms with van der Waals surface area (Å²) in [6.45, 7) is 6.16. The van der Waals surface area contributed by atoms with Crippen LogP contribution in [0.1, 0.15) is 26.7 Å². The predicted octanol–water partition coefficient (Wildman–Crippen LogP) is 6.44. The molecule has 0 aliphatic heterocycles. The molecule has 0 radical (unpaired) electrons. The number of hydrogen-bond donors (Lipinski definition) is 2. The van der Waals surface area contributed by atoms with E-state index >= 15 is 0 Å². The summed E-state index contributed by atoms with van der Waals surface area (Å²) in [5.74, 6) is -0.483. The van der Waals surface area contributed by atoms with Gasteiger partial charge in [0.1, 0.15) is 23.1 Å². The molecule has 2 aromatic rings. The van der Waals surface area contributed by atoms with E-state index in [0.29, 0.717) is 0 Å². The summed E-state index contributed by atoms with van der Waals surface area (Å²) in [6.07, 6.45) is 16.4. The first-order valence-corrected chi connectivity index (χ1v) is 15.0. The van der Waals surface area contributed by atoms with Crippen LogP contribution in [0.3, 0.4) is 0 Å². The van der Waals surface area contributed by atoms with Crippen molar-refractivity contribution in [1.82, 2.24) is 0 Å². The van der Waals surface area contributed by atoms with Crippen LogP contribution in [0.2, 0.25) is 0 Å². The zero-order valence-corrected chi connectivity index (χ0v) is 23.1. The molecule has 4 rings (SSSR count). The topological polar surface area (TPSA) is 40.5 Å². The first kappa shape index (κ1) is 34.6. The van der Waals surface area contributed by atoms with Crippen LogP contribution < -0.4 is 0 Å². The van der Waals surface area contributed by atoms with Gasteiger partial charge in [0.25, 0.3) is 0 Å². The molecule has 2 aliphatic rings. The Labute approximate surface area is 209 Å². The van der Waals surface area contributed by atoms with Crippen molar-refractivity contribution >= 4 is 6.88 Å². The van der Waals surface area contributed by atoms with Crippen molar-refractivity contribution in [2.45, 2.75) is 26.7 Å². The summed E-state index contributed by atoms with van der Waals surface area (Å²) in [5, 5.41) is 17.2. The molecule has 0 amide bonds. The molecule has 0 aromatic heterocycles. The van der Waals surface area contributed by atoms with Crippen molar-refractivity contribution in [2.75, 3.05) is 0 Å². The molecule has 0 spiro atoms. The fourth-order valence-corrected chi connectivity index (χ4v) is 1.97. The van der Waals surface area contributed by atoms with Gasteiger partial charge < -0.3 is 25.1 Å². The van der Waals surface area contributed by atoms with E-state index in [2.05, 4.69) is 38.2 Å². The molecule has 0 bridgehead atoms. The average Bonchev–Trinajstić information content (AvgIpc) is 3.44. The number of hydrogen-bond acceptors (Lipinski definition) is 2. The summed E-state index contributed by atoms with van der Waals surface area (Å²) in [6, 6.07) is 10.0. The second kappa shape index (κ2) is 22.2. The molecule has 32 heavy (non-hydrogen) atoms. The summed E-state index contributed by atoms with van der Waals surface area (Å²) in [4.78, 5) is 0. The molecule has 2 N–H and O–H groups in total. The Morgan fingerprint density at radius 3 is 1.44 bits per heavy atom. The van der Waals surface area contributed by atoms with Gasteiger partial charge in [-0.3, -0.25) is 12.2 Å². The van der Waals surface area contributed by atoms with Gasteiger partial charge in [-0.1, -0.05) is 13.8 Å². The number of benzene rings is 2. The van der Waals surface area contributed by atoms with Crippen molar-refractivity contribution in [3.63, 3.8) is 0 Å². The van der Waals surface area contributed by atoms with Crippen LogP contribution in [0, 0.1) is 38.6 Å². The summed E-state index contributed by atoms with van der Waals surface area (Å²) in [5.41, 5.74) is 2.72. The first-order chi connectivity index (χ1) is 14.4. The van der Waals surface area contributed by atoms with E-state index in [4.69, 9.17) is 10.2 Å². The third kappa shape index (κ3) is 19.9. The normalized spacial score (nSPS) is 11.6. The number of phenolic OH excluding ortho intramolecular Hbond substituents is 2. The Morgan fingerprint density at radius 2 is 1.28 bits per heavy atom. The van der Waals surface area contributed by atoms with Gasteiger partial charge >= 0.3 is 30.2 Å². The van der Waals surface area contributed by atoms with Gasteiger partial charge in [-0.05, 0) is 48.5 Å². The van der Waals surface area contributed by atoms with E-state index in [1.165, 1.54) is 59.7 Å². The van der Waals surface area contributed by atoms with Crippen LogP contribution in [0.25, 0.3) is 0 Å². The van der Waals surface area contributed by atoms with Crippen LogP contribution >= 0.6 is 0 Å². The summed E-state index contributed by atoms with van der Waals surface area (Å²) < 4.78 is 24.0. The zero-order chi connectivity index (χ0) is 22.8. The number of rotatable bonds is 0. The standard InChI is InChI=1S/C7H9.2C6H5FO.C5H5.2CH3.H2Si.Zr/c1-6-3-4-7(2)5-6;2*7-5-1-3-6(8)4-2-5;1-2-4-5-3-1;;;;/h5H,3H2,1-2H3;2*1-4,8H;1-3H,4H2;2*1H3;1H2;/q-1;;;3*-1;;. The molecule has 6 heteroatoms. The van der Waals surface area contributed by atoms with Gasteiger partial charge in [0, 0.05) is 0 Å². The molecular formula is C26H32F2O2SiZr-4. The second-order valence-corrected chi connectivity index (χ2v) is 5.98. The van der Waals surface area contributed by atoms with Gasteiger partial charge in [0.2, 0.25) is 0 Å². The van der Waals surface area contributed by atoms with E-state index in [1.54, 1.807) is 23.3 Å². The SMILES string of the molecule is CC1=[C-]CC(C)=C1.Oc1ccc(F)cc1.Oc1ccc(F)cc1.[C-]1=CC=CC1.[CH3-].[CH3-].[SiH2]=[Zr]. The van der Waals surface area contributed by atoms with E-state index in [0.717, 1.165) is 12.8 Å². The minimum atomic E-state index is -0.331. The molecule has 0 atom stereocenters. The van der Waals surface area contributed by atoms with Crippen molar-refractivity contribution in [3.05, 3.63) is 123 Å². The monoisotopic (exact) mass is 532 g/mol. The first-order valence-electron chi connectivity index (χ1n) is 9.07. The maximum absolute atomic E-state index is 12.0. The van der Waals surface area contributed by atoms with Crippen molar-refractivity contribution in [3.8, 4) is 11.5 Å². The van der Waals surface area contributed by atoms with E-state index < -0.39 is 0 Å². The van der Waals surface area contributed by atoms with E-state index in [1.807, 2.05) is 19.0 Å². The van der Waals surface area contributed by atoms with Crippen molar-refractivity contribution in [2.24, 2.45) is 0 Å². The molecule has 2 aromatic carbocycles. The number of allylic oxidation sites excluding steroid dienone is 8. The van der Waals surface area contributed by atoms with Crippen molar-refractivity contribution < 1.29 is 42.3 Å². The molecule has 0 saturated carbocycles. The third-order valence-corrected chi connectivity index (χ3v) is 3.35. The van der Waals surface area contributed by atoms with E-state index in [9.17, 15) is 8.78 Å².